The van der Waals surface area contributed by atoms with Gasteiger partial charge in [-0.05, 0) is 31.0 Å². The Morgan fingerprint density at radius 3 is 2.73 bits per heavy atom. The molecule has 1 aromatic rings. The first-order valence-electron chi connectivity index (χ1n) is 4.74. The van der Waals surface area contributed by atoms with E-state index in [1.165, 1.54) is 25.3 Å². The minimum Gasteiger partial charge on any atom is -0.465 e. The Kier molecular flexibility index (Phi) is 2.23. The molecule has 1 aromatic carbocycles. The number of carbonyl (C=O) groups excluding carboxylic acids is 1. The van der Waals surface area contributed by atoms with Crippen LogP contribution in [0.3, 0.4) is 0 Å². The van der Waals surface area contributed by atoms with Crippen LogP contribution < -0.4 is 5.73 Å². The zero-order chi connectivity index (χ0) is 11.1. The Balaban J connectivity index is 2.41. The zero-order valence-electron chi connectivity index (χ0n) is 8.42. The Morgan fingerprint density at radius 2 is 2.20 bits per heavy atom. The van der Waals surface area contributed by atoms with Crippen LogP contribution in [0.15, 0.2) is 18.2 Å². The maximum Gasteiger partial charge on any atom is 0.337 e. The number of ether oxygens (including phenoxy) is 1. The van der Waals surface area contributed by atoms with Crippen molar-refractivity contribution in [1.29, 1.82) is 0 Å². The molecule has 0 amide bonds. The van der Waals surface area contributed by atoms with Crippen molar-refractivity contribution >= 4 is 5.97 Å². The van der Waals surface area contributed by atoms with Gasteiger partial charge in [0.05, 0.1) is 12.7 Å². The molecule has 1 fully saturated rings. The summed E-state index contributed by atoms with van der Waals surface area (Å²) in [7, 11) is 1.29. The lowest BCUT2D eigenvalue weighted by Crippen LogP contribution is -2.21. The molecule has 80 valence electrons. The van der Waals surface area contributed by atoms with Crippen molar-refractivity contribution in [3.63, 3.8) is 0 Å². The minimum absolute atomic E-state index is 0.339. The largest absolute Gasteiger partial charge is 0.465 e. The summed E-state index contributed by atoms with van der Waals surface area (Å²) in [6.45, 7) is 0. The van der Waals surface area contributed by atoms with E-state index in [0.717, 1.165) is 12.8 Å². The number of rotatable bonds is 2. The van der Waals surface area contributed by atoms with Crippen LogP contribution in [0, 0.1) is 5.82 Å². The third-order valence-electron chi connectivity index (χ3n) is 2.71. The zero-order valence-corrected chi connectivity index (χ0v) is 8.42. The molecule has 0 saturated heterocycles. The summed E-state index contributed by atoms with van der Waals surface area (Å²) in [6, 6.07) is 4.14. The predicted octanol–water partition coefficient (Wildman–Crippen LogP) is 1.56. The number of benzene rings is 1. The van der Waals surface area contributed by atoms with Gasteiger partial charge in [0.1, 0.15) is 5.82 Å². The van der Waals surface area contributed by atoms with Crippen molar-refractivity contribution in [1.82, 2.24) is 0 Å². The quantitative estimate of drug-likeness (QED) is 0.752. The van der Waals surface area contributed by atoms with E-state index in [1.54, 1.807) is 0 Å². The van der Waals surface area contributed by atoms with E-state index >= 15 is 0 Å². The lowest BCUT2D eigenvalue weighted by atomic mass is 10.0. The van der Waals surface area contributed by atoms with E-state index < -0.39 is 11.5 Å². The average molecular weight is 209 g/mol. The van der Waals surface area contributed by atoms with E-state index in [1.807, 2.05) is 0 Å². The molecule has 3 nitrogen and oxygen atoms in total. The van der Waals surface area contributed by atoms with Crippen LogP contribution in [-0.2, 0) is 10.3 Å². The molecule has 1 saturated carbocycles. The molecule has 0 unspecified atom stereocenters. The maximum absolute atomic E-state index is 13.4. The molecule has 0 atom stereocenters. The number of methoxy groups -OCH3 is 1. The summed E-state index contributed by atoms with van der Waals surface area (Å²) in [6.07, 6.45) is 1.52. The van der Waals surface area contributed by atoms with Gasteiger partial charge in [-0.3, -0.25) is 0 Å². The van der Waals surface area contributed by atoms with E-state index in [9.17, 15) is 9.18 Å². The lowest BCUT2D eigenvalue weighted by molar-refractivity contribution is 0.0600. The first kappa shape index (κ1) is 10.1. The standard InChI is InChI=1S/C11H12FNO2/c1-15-10(14)7-2-3-9(12)8(6-7)11(13)4-5-11/h2-3,6H,4-5,13H2,1H3. The highest BCUT2D eigenvalue weighted by Crippen LogP contribution is 2.43. The van der Waals surface area contributed by atoms with Gasteiger partial charge in [-0.15, -0.1) is 0 Å². The van der Waals surface area contributed by atoms with E-state index in [2.05, 4.69) is 4.74 Å². The first-order valence-corrected chi connectivity index (χ1v) is 4.74. The molecule has 15 heavy (non-hydrogen) atoms. The SMILES string of the molecule is COC(=O)c1ccc(F)c(C2(N)CC2)c1. The monoisotopic (exact) mass is 209 g/mol. The highest BCUT2D eigenvalue weighted by Gasteiger charge is 2.42. The smallest absolute Gasteiger partial charge is 0.337 e. The Labute approximate surface area is 87.0 Å². The first-order chi connectivity index (χ1) is 7.07. The molecule has 1 aliphatic rings. The number of halogens is 1. The summed E-state index contributed by atoms with van der Waals surface area (Å²) >= 11 is 0. The summed E-state index contributed by atoms with van der Waals surface area (Å²) in [5.74, 6) is -0.830. The van der Waals surface area contributed by atoms with Crippen LogP contribution in [0.2, 0.25) is 0 Å². The minimum atomic E-state index is -0.575. The van der Waals surface area contributed by atoms with Gasteiger partial charge in [0.15, 0.2) is 0 Å². The molecule has 1 aliphatic carbocycles. The summed E-state index contributed by atoms with van der Waals surface area (Å²) in [5.41, 5.74) is 6.06. The number of hydrogen-bond donors (Lipinski definition) is 1. The molecule has 4 heteroatoms. The molecule has 0 bridgehead atoms. The molecule has 0 aliphatic heterocycles. The summed E-state index contributed by atoms with van der Waals surface area (Å²) < 4.78 is 18.0. The molecular weight excluding hydrogens is 197 g/mol. The van der Waals surface area contributed by atoms with Gasteiger partial charge in [0.25, 0.3) is 0 Å². The molecule has 0 heterocycles. The normalized spacial score (nSPS) is 17.3. The second-order valence-electron chi connectivity index (χ2n) is 3.84. The van der Waals surface area contributed by atoms with Crippen LogP contribution in [0.1, 0.15) is 28.8 Å². The van der Waals surface area contributed by atoms with Crippen LogP contribution in [0.4, 0.5) is 4.39 Å². The van der Waals surface area contributed by atoms with Crippen LogP contribution in [0.5, 0.6) is 0 Å². The van der Waals surface area contributed by atoms with Gasteiger partial charge in [0, 0.05) is 11.1 Å². The fourth-order valence-corrected chi connectivity index (χ4v) is 1.56. The second-order valence-corrected chi connectivity index (χ2v) is 3.84. The van der Waals surface area contributed by atoms with Gasteiger partial charge in [-0.1, -0.05) is 0 Å². The van der Waals surface area contributed by atoms with Crippen LogP contribution in [0.25, 0.3) is 0 Å². The fourth-order valence-electron chi connectivity index (χ4n) is 1.56. The van der Waals surface area contributed by atoms with Gasteiger partial charge in [-0.25, -0.2) is 9.18 Å². The van der Waals surface area contributed by atoms with Crippen LogP contribution in [-0.4, -0.2) is 13.1 Å². The predicted molar refractivity (Wildman–Crippen MR) is 52.8 cm³/mol. The molecule has 2 rings (SSSR count). The third-order valence-corrected chi connectivity index (χ3v) is 2.71. The van der Waals surface area contributed by atoms with E-state index in [-0.39, 0.29) is 5.82 Å². The van der Waals surface area contributed by atoms with Crippen molar-refractivity contribution in [2.45, 2.75) is 18.4 Å². The van der Waals surface area contributed by atoms with Gasteiger partial charge in [-0.2, -0.15) is 0 Å². The number of carbonyl (C=O) groups is 1. The summed E-state index contributed by atoms with van der Waals surface area (Å²) in [4.78, 5) is 11.2. The molecule has 0 aromatic heterocycles. The van der Waals surface area contributed by atoms with Crippen molar-refractivity contribution in [3.8, 4) is 0 Å². The molecule has 0 spiro atoms. The van der Waals surface area contributed by atoms with Crippen molar-refractivity contribution < 1.29 is 13.9 Å². The highest BCUT2D eigenvalue weighted by molar-refractivity contribution is 5.89. The maximum atomic E-state index is 13.4. The fraction of sp³-hybridized carbons (Fsp3) is 0.364. The number of hydrogen-bond acceptors (Lipinski definition) is 3. The van der Waals surface area contributed by atoms with Crippen molar-refractivity contribution in [2.75, 3.05) is 7.11 Å². The van der Waals surface area contributed by atoms with Crippen molar-refractivity contribution in [3.05, 3.63) is 35.1 Å². The van der Waals surface area contributed by atoms with Gasteiger partial charge >= 0.3 is 5.97 Å². The molecule has 0 radical (unpaired) electrons. The van der Waals surface area contributed by atoms with Gasteiger partial charge < -0.3 is 10.5 Å². The topological polar surface area (TPSA) is 52.3 Å². The molecular formula is C11H12FNO2. The third kappa shape index (κ3) is 1.72. The summed E-state index contributed by atoms with van der Waals surface area (Å²) in [5, 5.41) is 0. The van der Waals surface area contributed by atoms with Gasteiger partial charge in [0.2, 0.25) is 0 Å². The highest BCUT2D eigenvalue weighted by atomic mass is 19.1. The average Bonchev–Trinajstić information content (AvgIpc) is 2.97. The van der Waals surface area contributed by atoms with E-state index in [0.29, 0.717) is 11.1 Å². The Morgan fingerprint density at radius 1 is 1.53 bits per heavy atom. The Bertz CT molecular complexity index is 413. The van der Waals surface area contributed by atoms with E-state index in [4.69, 9.17) is 5.73 Å². The molecule has 2 N–H and O–H groups in total. The second kappa shape index (κ2) is 3.31. The number of esters is 1. The van der Waals surface area contributed by atoms with Crippen molar-refractivity contribution in [2.24, 2.45) is 5.73 Å². The number of nitrogens with two attached hydrogens (primary N) is 1. The van der Waals surface area contributed by atoms with Crippen LogP contribution >= 0.6 is 0 Å². The Hall–Kier alpha value is -1.42. The lowest BCUT2D eigenvalue weighted by Gasteiger charge is -2.11.